The van der Waals surface area contributed by atoms with E-state index in [-0.39, 0.29) is 25.0 Å². The van der Waals surface area contributed by atoms with Gasteiger partial charge in [0.25, 0.3) is 11.8 Å². The van der Waals surface area contributed by atoms with Crippen molar-refractivity contribution in [2.75, 3.05) is 53.2 Å². The molecule has 4 rings (SSSR count). The quantitative estimate of drug-likeness (QED) is 0.342. The van der Waals surface area contributed by atoms with E-state index in [1.807, 2.05) is 6.92 Å². The number of carbonyl (C=O) groups is 3. The Morgan fingerprint density at radius 2 is 1.90 bits per heavy atom. The number of thioether (sulfide) groups is 1. The van der Waals surface area contributed by atoms with Gasteiger partial charge in [0.1, 0.15) is 0 Å². The summed E-state index contributed by atoms with van der Waals surface area (Å²) in [7, 11) is 1.52. The number of hydrogen-bond acceptors (Lipinski definition) is 9. The number of rotatable bonds is 9. The van der Waals surface area contributed by atoms with Crippen molar-refractivity contribution >= 4 is 46.5 Å². The lowest BCUT2D eigenvalue weighted by Gasteiger charge is -2.27. The summed E-state index contributed by atoms with van der Waals surface area (Å²) in [5.74, 6) is 0.0386. The molecule has 2 aliphatic heterocycles. The summed E-state index contributed by atoms with van der Waals surface area (Å²) >= 11 is 1.22. The smallest absolute Gasteiger partial charge is 0.338 e. The molecule has 206 valence electrons. The Labute approximate surface area is 231 Å². The van der Waals surface area contributed by atoms with Crippen LogP contribution in [0, 0.1) is 0 Å². The first-order valence-corrected chi connectivity index (χ1v) is 13.5. The molecule has 2 aromatic rings. The average Bonchev–Trinajstić information content (AvgIpc) is 3.25. The lowest BCUT2D eigenvalue weighted by atomic mass is 10.1. The van der Waals surface area contributed by atoms with Gasteiger partial charge in [0.15, 0.2) is 23.3 Å². The minimum Gasteiger partial charge on any atom is -0.493 e. The first-order valence-electron chi connectivity index (χ1n) is 12.7. The largest absolute Gasteiger partial charge is 0.493 e. The lowest BCUT2D eigenvalue weighted by Crippen LogP contribution is -2.43. The summed E-state index contributed by atoms with van der Waals surface area (Å²) in [6.07, 6.45) is 1.71. The number of ether oxygens (including phenoxy) is 4. The molecule has 2 aliphatic rings. The third-order valence-corrected chi connectivity index (χ3v) is 7.01. The van der Waals surface area contributed by atoms with Crippen LogP contribution in [0.4, 0.5) is 5.69 Å². The van der Waals surface area contributed by atoms with Gasteiger partial charge in [-0.2, -0.15) is 0 Å². The van der Waals surface area contributed by atoms with Crippen LogP contribution in [-0.4, -0.2) is 85.9 Å². The van der Waals surface area contributed by atoms with Crippen molar-refractivity contribution in [3.05, 3.63) is 58.5 Å². The van der Waals surface area contributed by atoms with Crippen molar-refractivity contribution < 1.29 is 33.3 Å². The van der Waals surface area contributed by atoms with Gasteiger partial charge in [-0.05, 0) is 56.0 Å². The molecule has 2 fully saturated rings. The predicted octanol–water partition coefficient (Wildman–Crippen LogP) is 3.73. The highest BCUT2D eigenvalue weighted by atomic mass is 32.2. The maximum atomic E-state index is 13.3. The second kappa shape index (κ2) is 13.3. The molecule has 10 nitrogen and oxygen atoms in total. The van der Waals surface area contributed by atoms with E-state index < -0.39 is 5.97 Å². The van der Waals surface area contributed by atoms with Gasteiger partial charge in [-0.25, -0.2) is 9.79 Å². The molecule has 0 aliphatic carbocycles. The Morgan fingerprint density at radius 1 is 1.13 bits per heavy atom. The molecular formula is C28H31N3O7S. The van der Waals surface area contributed by atoms with E-state index in [1.54, 1.807) is 65.3 Å². The van der Waals surface area contributed by atoms with Crippen LogP contribution in [0.1, 0.15) is 29.8 Å². The molecule has 2 aromatic carbocycles. The number of amidine groups is 1. The van der Waals surface area contributed by atoms with Crippen LogP contribution in [0.15, 0.2) is 52.4 Å². The van der Waals surface area contributed by atoms with Crippen molar-refractivity contribution in [3.8, 4) is 11.5 Å². The number of para-hydroxylation sites is 1. The molecule has 0 unspecified atom stereocenters. The SMILES string of the molecule is CCOC(=O)c1cccc(N=C2SC(=Cc3cccc(OC)c3OCC(=O)N3CCOCC3)C(=O)N2CC)c1. The van der Waals surface area contributed by atoms with Gasteiger partial charge in [0, 0.05) is 25.2 Å². The van der Waals surface area contributed by atoms with E-state index in [1.165, 1.54) is 18.9 Å². The van der Waals surface area contributed by atoms with Gasteiger partial charge in [0.2, 0.25) is 0 Å². The van der Waals surface area contributed by atoms with E-state index in [0.29, 0.717) is 71.2 Å². The topological polar surface area (TPSA) is 107 Å². The number of amides is 2. The second-order valence-electron chi connectivity index (χ2n) is 8.49. The highest BCUT2D eigenvalue weighted by Gasteiger charge is 2.33. The monoisotopic (exact) mass is 553 g/mol. The Kier molecular flexibility index (Phi) is 9.61. The van der Waals surface area contributed by atoms with Gasteiger partial charge in [-0.1, -0.05) is 18.2 Å². The van der Waals surface area contributed by atoms with E-state index in [2.05, 4.69) is 4.99 Å². The van der Waals surface area contributed by atoms with Gasteiger partial charge in [0.05, 0.1) is 43.1 Å². The molecule has 2 amide bonds. The van der Waals surface area contributed by atoms with Gasteiger partial charge in [-0.3, -0.25) is 14.5 Å². The molecule has 2 saturated heterocycles. The van der Waals surface area contributed by atoms with Crippen molar-refractivity contribution in [2.24, 2.45) is 4.99 Å². The third kappa shape index (κ3) is 6.79. The Bertz CT molecular complexity index is 1290. The van der Waals surface area contributed by atoms with E-state index in [9.17, 15) is 14.4 Å². The average molecular weight is 554 g/mol. The molecule has 0 aromatic heterocycles. The van der Waals surface area contributed by atoms with Crippen LogP contribution in [-0.2, 0) is 19.1 Å². The molecule has 2 heterocycles. The van der Waals surface area contributed by atoms with Gasteiger partial charge >= 0.3 is 5.97 Å². The maximum Gasteiger partial charge on any atom is 0.338 e. The number of benzene rings is 2. The normalized spacial score (nSPS) is 17.6. The standard InChI is InChI=1S/C28H31N3O7S/c1-4-31-26(33)23(39-28(31)29-21-10-6-9-20(16-21)27(34)37-5-2)17-19-8-7-11-22(35-3)25(19)38-18-24(32)30-12-14-36-15-13-30/h6-11,16-17H,4-5,12-15,18H2,1-3H3. The predicted molar refractivity (Wildman–Crippen MR) is 148 cm³/mol. The fraction of sp³-hybridized carbons (Fsp3) is 0.357. The summed E-state index contributed by atoms with van der Waals surface area (Å²) in [6, 6.07) is 12.1. The first kappa shape index (κ1) is 28.2. The first-order chi connectivity index (χ1) is 18.9. The summed E-state index contributed by atoms with van der Waals surface area (Å²) < 4.78 is 21.8. The number of carbonyl (C=O) groups excluding carboxylic acids is 3. The molecule has 0 radical (unpaired) electrons. The number of morpholine rings is 1. The number of nitrogens with zero attached hydrogens (tertiary/aromatic N) is 3. The van der Waals surface area contributed by atoms with Crippen molar-refractivity contribution in [1.29, 1.82) is 0 Å². The molecule has 0 bridgehead atoms. The molecule has 11 heteroatoms. The molecule has 39 heavy (non-hydrogen) atoms. The van der Waals surface area contributed by atoms with Crippen LogP contribution in [0.5, 0.6) is 11.5 Å². The summed E-state index contributed by atoms with van der Waals surface area (Å²) in [5.41, 5.74) is 1.51. The highest BCUT2D eigenvalue weighted by Crippen LogP contribution is 2.38. The Morgan fingerprint density at radius 3 is 2.62 bits per heavy atom. The molecule has 0 atom stereocenters. The zero-order valence-corrected chi connectivity index (χ0v) is 23.0. The van der Waals surface area contributed by atoms with Crippen LogP contribution >= 0.6 is 11.8 Å². The van der Waals surface area contributed by atoms with E-state index >= 15 is 0 Å². The van der Waals surface area contributed by atoms with Crippen molar-refractivity contribution in [2.45, 2.75) is 13.8 Å². The summed E-state index contributed by atoms with van der Waals surface area (Å²) in [4.78, 5) is 46.4. The van der Waals surface area contributed by atoms with Crippen LogP contribution < -0.4 is 9.47 Å². The van der Waals surface area contributed by atoms with Gasteiger partial charge in [-0.15, -0.1) is 0 Å². The fourth-order valence-electron chi connectivity index (χ4n) is 4.04. The van der Waals surface area contributed by atoms with Crippen LogP contribution in [0.25, 0.3) is 6.08 Å². The number of esters is 1. The Balaban J connectivity index is 1.59. The van der Waals surface area contributed by atoms with E-state index in [4.69, 9.17) is 18.9 Å². The summed E-state index contributed by atoms with van der Waals surface area (Å²) in [5, 5.41) is 0.489. The number of hydrogen-bond donors (Lipinski definition) is 0. The van der Waals surface area contributed by atoms with Crippen LogP contribution in [0.2, 0.25) is 0 Å². The third-order valence-electron chi connectivity index (χ3n) is 6.01. The minimum atomic E-state index is -0.430. The fourth-order valence-corrected chi connectivity index (χ4v) is 5.09. The molecule has 0 saturated carbocycles. The Hall–Kier alpha value is -3.83. The summed E-state index contributed by atoms with van der Waals surface area (Å²) in [6.45, 7) is 6.18. The molecular weight excluding hydrogens is 522 g/mol. The highest BCUT2D eigenvalue weighted by molar-refractivity contribution is 8.18. The number of methoxy groups -OCH3 is 1. The van der Waals surface area contributed by atoms with Crippen LogP contribution in [0.3, 0.4) is 0 Å². The second-order valence-corrected chi connectivity index (χ2v) is 9.49. The number of likely N-dealkylation sites (N-methyl/N-ethyl adjacent to an activating group) is 1. The lowest BCUT2D eigenvalue weighted by molar-refractivity contribution is -0.137. The van der Waals surface area contributed by atoms with E-state index in [0.717, 1.165) is 0 Å². The van der Waals surface area contributed by atoms with Crippen molar-refractivity contribution in [3.63, 3.8) is 0 Å². The van der Waals surface area contributed by atoms with Crippen molar-refractivity contribution in [1.82, 2.24) is 9.80 Å². The zero-order chi connectivity index (χ0) is 27.8. The number of aliphatic imine (C=N–C) groups is 1. The van der Waals surface area contributed by atoms with Gasteiger partial charge < -0.3 is 23.8 Å². The minimum absolute atomic E-state index is 0.147. The maximum absolute atomic E-state index is 13.3. The molecule has 0 spiro atoms. The molecule has 0 N–H and O–H groups in total. The zero-order valence-electron chi connectivity index (χ0n) is 22.2.